The molecule has 1 aromatic heterocycles. The third kappa shape index (κ3) is 3.68. The van der Waals surface area contributed by atoms with Gasteiger partial charge in [-0.25, -0.2) is 4.98 Å². The van der Waals surface area contributed by atoms with E-state index in [1.165, 1.54) is 6.20 Å². The number of carbonyl (C=O) groups excluding carboxylic acids is 1. The summed E-state index contributed by atoms with van der Waals surface area (Å²) in [6, 6.07) is 14.1. The number of nitrogens with one attached hydrogen (secondary N) is 1. The van der Waals surface area contributed by atoms with Crippen LogP contribution in [0.25, 0.3) is 0 Å². The molecule has 7 heteroatoms. The summed E-state index contributed by atoms with van der Waals surface area (Å²) in [7, 11) is 1.59. The molecule has 0 aliphatic carbocycles. The molecule has 0 spiro atoms. The highest BCUT2D eigenvalue weighted by molar-refractivity contribution is 6.04. The van der Waals surface area contributed by atoms with E-state index in [4.69, 9.17) is 18.9 Å². The molecule has 1 N–H and O–H groups in total. The fourth-order valence-electron chi connectivity index (χ4n) is 2.73. The number of methoxy groups -OCH3 is 1. The van der Waals surface area contributed by atoms with Gasteiger partial charge >= 0.3 is 0 Å². The summed E-state index contributed by atoms with van der Waals surface area (Å²) in [6.45, 7) is 2.14. The summed E-state index contributed by atoms with van der Waals surface area (Å²) in [6.07, 6.45) is 1.53. The van der Waals surface area contributed by atoms with E-state index >= 15 is 0 Å². The molecule has 28 heavy (non-hydrogen) atoms. The molecule has 4 rings (SSSR count). The van der Waals surface area contributed by atoms with E-state index in [-0.39, 0.29) is 12.7 Å². The topological polar surface area (TPSA) is 78.9 Å². The highest BCUT2D eigenvalue weighted by Crippen LogP contribution is 2.33. The number of pyridine rings is 1. The highest BCUT2D eigenvalue weighted by atomic mass is 16.7. The molecule has 2 heterocycles. The monoisotopic (exact) mass is 378 g/mol. The van der Waals surface area contributed by atoms with Crippen molar-refractivity contribution < 1.29 is 23.7 Å². The molecule has 1 aliphatic rings. The van der Waals surface area contributed by atoms with Crippen LogP contribution in [0.4, 0.5) is 5.69 Å². The van der Waals surface area contributed by atoms with Crippen LogP contribution < -0.4 is 24.3 Å². The lowest BCUT2D eigenvalue weighted by Gasteiger charge is -2.11. The SMILES string of the molecule is COc1cc(C)ccc1Oc1ccc(NC(=O)c2ccc3c(c2)OCO3)cn1. The average Bonchev–Trinajstić information content (AvgIpc) is 3.18. The molecule has 0 fully saturated rings. The van der Waals surface area contributed by atoms with Crippen molar-refractivity contribution in [3.63, 3.8) is 0 Å². The number of carbonyl (C=O) groups is 1. The minimum Gasteiger partial charge on any atom is -0.493 e. The standard InChI is InChI=1S/C21H18N2O5/c1-13-3-6-17(18(9-13)25-2)28-20-8-5-15(11-22-20)23-21(24)14-4-7-16-19(10-14)27-12-26-16/h3-11H,12H2,1-2H3,(H,23,24). The lowest BCUT2D eigenvalue weighted by Crippen LogP contribution is -2.11. The number of aromatic nitrogens is 1. The second-order valence-electron chi connectivity index (χ2n) is 6.16. The first kappa shape index (κ1) is 17.7. The summed E-state index contributed by atoms with van der Waals surface area (Å²) in [5, 5.41) is 2.79. The lowest BCUT2D eigenvalue weighted by atomic mass is 10.2. The zero-order valence-corrected chi connectivity index (χ0v) is 15.4. The second kappa shape index (κ2) is 7.48. The van der Waals surface area contributed by atoms with Gasteiger partial charge in [-0.3, -0.25) is 4.79 Å². The number of hydrogen-bond donors (Lipinski definition) is 1. The second-order valence-corrected chi connectivity index (χ2v) is 6.16. The Bertz CT molecular complexity index is 1020. The highest BCUT2D eigenvalue weighted by Gasteiger charge is 2.16. The van der Waals surface area contributed by atoms with E-state index < -0.39 is 0 Å². The van der Waals surface area contributed by atoms with Gasteiger partial charge in [0.15, 0.2) is 23.0 Å². The number of fused-ring (bicyclic) bond motifs is 1. The third-order valence-electron chi connectivity index (χ3n) is 4.16. The largest absolute Gasteiger partial charge is 0.493 e. The number of hydrogen-bond acceptors (Lipinski definition) is 6. The summed E-state index contributed by atoms with van der Waals surface area (Å²) in [5.41, 5.74) is 2.08. The molecular formula is C21H18N2O5. The van der Waals surface area contributed by atoms with Gasteiger partial charge in [-0.05, 0) is 48.9 Å². The normalized spacial score (nSPS) is 11.8. The van der Waals surface area contributed by atoms with Crippen LogP contribution in [0.15, 0.2) is 54.7 Å². The number of anilines is 1. The van der Waals surface area contributed by atoms with E-state index in [1.807, 2.05) is 25.1 Å². The molecule has 142 valence electrons. The van der Waals surface area contributed by atoms with Crippen molar-refractivity contribution in [3.8, 4) is 28.9 Å². The van der Waals surface area contributed by atoms with Crippen LogP contribution in [0.5, 0.6) is 28.9 Å². The fourth-order valence-corrected chi connectivity index (χ4v) is 2.73. The number of rotatable bonds is 5. The molecule has 0 saturated heterocycles. The first-order valence-corrected chi connectivity index (χ1v) is 8.62. The summed E-state index contributed by atoms with van der Waals surface area (Å²) in [5.74, 6) is 2.50. The predicted octanol–water partition coefficient (Wildman–Crippen LogP) is 4.17. The molecule has 3 aromatic rings. The Balaban J connectivity index is 1.44. The van der Waals surface area contributed by atoms with E-state index in [9.17, 15) is 4.79 Å². The number of nitrogens with zero attached hydrogens (tertiary/aromatic N) is 1. The Morgan fingerprint density at radius 2 is 1.89 bits per heavy atom. The fraction of sp³-hybridized carbons (Fsp3) is 0.143. The van der Waals surface area contributed by atoms with Gasteiger partial charge in [0.05, 0.1) is 19.0 Å². The Morgan fingerprint density at radius 3 is 2.68 bits per heavy atom. The third-order valence-corrected chi connectivity index (χ3v) is 4.16. The van der Waals surface area contributed by atoms with Gasteiger partial charge in [-0.1, -0.05) is 6.07 Å². The van der Waals surface area contributed by atoms with Gasteiger partial charge in [-0.15, -0.1) is 0 Å². The minimum atomic E-state index is -0.269. The Labute approximate surface area is 161 Å². The molecule has 1 amide bonds. The van der Waals surface area contributed by atoms with Crippen molar-refractivity contribution in [3.05, 3.63) is 65.9 Å². The van der Waals surface area contributed by atoms with Crippen LogP contribution in [0.3, 0.4) is 0 Å². The Kier molecular flexibility index (Phi) is 4.72. The molecule has 0 atom stereocenters. The molecule has 2 aromatic carbocycles. The van der Waals surface area contributed by atoms with Crippen molar-refractivity contribution in [2.45, 2.75) is 6.92 Å². The molecule has 0 saturated carbocycles. The molecule has 0 radical (unpaired) electrons. The number of benzene rings is 2. The number of amides is 1. The van der Waals surface area contributed by atoms with Crippen LogP contribution in [-0.4, -0.2) is 24.8 Å². The maximum absolute atomic E-state index is 12.4. The van der Waals surface area contributed by atoms with E-state index in [1.54, 1.807) is 37.4 Å². The summed E-state index contributed by atoms with van der Waals surface area (Å²) < 4.78 is 21.6. The summed E-state index contributed by atoms with van der Waals surface area (Å²) >= 11 is 0. The van der Waals surface area contributed by atoms with Crippen molar-refractivity contribution in [2.24, 2.45) is 0 Å². The van der Waals surface area contributed by atoms with E-state index in [2.05, 4.69) is 10.3 Å². The van der Waals surface area contributed by atoms with Crippen molar-refractivity contribution in [2.75, 3.05) is 19.2 Å². The zero-order valence-electron chi connectivity index (χ0n) is 15.4. The Morgan fingerprint density at radius 1 is 1.04 bits per heavy atom. The van der Waals surface area contributed by atoms with Gasteiger partial charge in [0.2, 0.25) is 12.7 Å². The van der Waals surface area contributed by atoms with Crippen LogP contribution in [0.2, 0.25) is 0 Å². The van der Waals surface area contributed by atoms with Gasteiger partial charge in [-0.2, -0.15) is 0 Å². The van der Waals surface area contributed by atoms with Gasteiger partial charge in [0, 0.05) is 11.6 Å². The number of ether oxygens (including phenoxy) is 4. The van der Waals surface area contributed by atoms with Crippen molar-refractivity contribution in [1.82, 2.24) is 4.98 Å². The number of aryl methyl sites for hydroxylation is 1. The maximum atomic E-state index is 12.4. The minimum absolute atomic E-state index is 0.164. The molecule has 0 bridgehead atoms. The smallest absolute Gasteiger partial charge is 0.255 e. The van der Waals surface area contributed by atoms with Gasteiger partial charge < -0.3 is 24.3 Å². The average molecular weight is 378 g/mol. The molecule has 1 aliphatic heterocycles. The van der Waals surface area contributed by atoms with Crippen LogP contribution in [0, 0.1) is 6.92 Å². The van der Waals surface area contributed by atoms with Gasteiger partial charge in [0.1, 0.15) is 0 Å². The van der Waals surface area contributed by atoms with E-state index in [0.717, 1.165) is 5.56 Å². The predicted molar refractivity (Wildman–Crippen MR) is 103 cm³/mol. The summed E-state index contributed by atoms with van der Waals surface area (Å²) in [4.78, 5) is 16.7. The van der Waals surface area contributed by atoms with Crippen molar-refractivity contribution in [1.29, 1.82) is 0 Å². The van der Waals surface area contributed by atoms with E-state index in [0.29, 0.717) is 40.1 Å². The molecular weight excluding hydrogens is 360 g/mol. The van der Waals surface area contributed by atoms with Crippen LogP contribution >= 0.6 is 0 Å². The zero-order chi connectivity index (χ0) is 19.5. The first-order valence-electron chi connectivity index (χ1n) is 8.62. The lowest BCUT2D eigenvalue weighted by molar-refractivity contribution is 0.102. The first-order chi connectivity index (χ1) is 13.6. The maximum Gasteiger partial charge on any atom is 0.255 e. The quantitative estimate of drug-likeness (QED) is 0.718. The van der Waals surface area contributed by atoms with Gasteiger partial charge in [0.25, 0.3) is 5.91 Å². The Hall–Kier alpha value is -3.74. The molecule has 0 unspecified atom stereocenters. The van der Waals surface area contributed by atoms with Crippen LogP contribution in [-0.2, 0) is 0 Å². The van der Waals surface area contributed by atoms with Crippen LogP contribution in [0.1, 0.15) is 15.9 Å². The molecule has 7 nitrogen and oxygen atoms in total. The van der Waals surface area contributed by atoms with Crippen molar-refractivity contribution >= 4 is 11.6 Å².